The molecule has 0 aliphatic carbocycles. The van der Waals surface area contributed by atoms with Crippen molar-refractivity contribution in [1.29, 1.82) is 0 Å². The summed E-state index contributed by atoms with van der Waals surface area (Å²) in [5.41, 5.74) is 14.5. The number of H-pyrrole nitrogens is 3. The van der Waals surface area contributed by atoms with Gasteiger partial charge in [0.25, 0.3) is 0 Å². The minimum Gasteiger partial charge on any atom is -0.508 e. The van der Waals surface area contributed by atoms with Gasteiger partial charge in [-0.15, -0.1) is 24.9 Å². The van der Waals surface area contributed by atoms with Gasteiger partial charge in [-0.1, -0.05) is 114 Å². The number of likely N-dealkylation sites (N-methyl/N-ethyl adjacent to an activating group) is 3. The number of aromatic amines is 3. The van der Waals surface area contributed by atoms with Gasteiger partial charge in [0.2, 0.25) is 100 Å². The molecule has 9 rings (SSSR count). The van der Waals surface area contributed by atoms with Crippen LogP contribution in [0.3, 0.4) is 0 Å². The van der Waals surface area contributed by atoms with Gasteiger partial charge in [0, 0.05) is 112 Å². The number of amides is 17. The van der Waals surface area contributed by atoms with Crippen LogP contribution in [0.25, 0.3) is 21.8 Å². The number of para-hydroxylation sites is 2. The number of benzene rings is 3. The number of nitrogens with zero attached hydrogens (tertiary/aromatic N) is 6. The smallest absolute Gasteiger partial charge is 0.246 e. The molecule has 39 nitrogen and oxygen atoms in total. The summed E-state index contributed by atoms with van der Waals surface area (Å²) in [6.07, 6.45) is 9.26. The molecule has 3 aliphatic heterocycles. The summed E-state index contributed by atoms with van der Waals surface area (Å²) in [4.78, 5) is 269. The van der Waals surface area contributed by atoms with E-state index >= 15 is 38.4 Å². The largest absolute Gasteiger partial charge is 0.508 e. The molecule has 0 bridgehead atoms. The maximum Gasteiger partial charge on any atom is 0.246 e. The van der Waals surface area contributed by atoms with Gasteiger partial charge in [-0.2, -0.15) is 0 Å². The lowest BCUT2D eigenvalue weighted by atomic mass is 9.99. The Morgan fingerprint density at radius 3 is 1.55 bits per heavy atom. The normalized spacial score (nSPS) is 24.5. The van der Waals surface area contributed by atoms with Crippen LogP contribution in [0.15, 0.2) is 123 Å². The molecule has 3 aliphatic rings. The molecule has 132 heavy (non-hydrogen) atoms. The van der Waals surface area contributed by atoms with E-state index in [1.165, 1.54) is 91.7 Å². The molecule has 0 radical (unpaired) electrons. The molecule has 712 valence electrons. The molecule has 0 saturated carbocycles. The minimum atomic E-state index is -1.75. The van der Waals surface area contributed by atoms with E-state index in [1.54, 1.807) is 24.5 Å². The molecule has 6 aromatic rings. The van der Waals surface area contributed by atoms with Gasteiger partial charge in [-0.3, -0.25) is 81.5 Å². The van der Waals surface area contributed by atoms with Crippen molar-refractivity contribution in [2.75, 3.05) is 52.3 Å². The Morgan fingerprint density at radius 2 is 1.01 bits per heavy atom. The van der Waals surface area contributed by atoms with Crippen molar-refractivity contribution >= 4 is 134 Å². The molecule has 18 N–H and O–H groups in total. The average Bonchev–Trinajstić information content (AvgIpc) is 1.73. The summed E-state index contributed by atoms with van der Waals surface area (Å²) < 4.78 is 0. The van der Waals surface area contributed by atoms with Crippen LogP contribution >= 0.6 is 11.8 Å². The molecule has 17 amide bonds. The van der Waals surface area contributed by atoms with Crippen LogP contribution in [0.2, 0.25) is 0 Å². The molecule has 0 spiro atoms. The van der Waals surface area contributed by atoms with E-state index in [-0.39, 0.29) is 102 Å². The predicted octanol–water partition coefficient (Wildman–Crippen LogP) is 0.997. The summed E-state index contributed by atoms with van der Waals surface area (Å²) in [6, 6.07) is -0.169. The number of aromatic hydroxyl groups is 1. The number of thioether (sulfide) groups is 1. The number of carbonyl (C=O) groups is 17. The summed E-state index contributed by atoms with van der Waals surface area (Å²) in [5.74, 6) is -16.0. The van der Waals surface area contributed by atoms with Crippen LogP contribution in [0.5, 0.6) is 5.75 Å². The van der Waals surface area contributed by atoms with Crippen molar-refractivity contribution in [1.82, 2.24) is 97.6 Å². The van der Waals surface area contributed by atoms with Gasteiger partial charge in [-0.05, 0) is 112 Å². The van der Waals surface area contributed by atoms with E-state index in [4.69, 9.17) is 11.5 Å². The van der Waals surface area contributed by atoms with Gasteiger partial charge < -0.3 is 109 Å². The first-order valence-electron chi connectivity index (χ1n) is 44.7. The summed E-state index contributed by atoms with van der Waals surface area (Å²) in [6.45, 7) is 15.6. The maximum atomic E-state index is 15.8. The summed E-state index contributed by atoms with van der Waals surface area (Å²) in [5, 5.41) is 38.8. The first-order chi connectivity index (χ1) is 63.0. The molecule has 3 fully saturated rings. The van der Waals surface area contributed by atoms with Gasteiger partial charge in [-0.25, -0.2) is 4.98 Å². The Labute approximate surface area is 770 Å². The Kier molecular flexibility index (Phi) is 38.0. The van der Waals surface area contributed by atoms with Crippen LogP contribution in [0, 0.1) is 5.92 Å². The first-order valence-corrected chi connectivity index (χ1v) is 45.8. The third kappa shape index (κ3) is 27.8. The van der Waals surface area contributed by atoms with Crippen molar-refractivity contribution in [3.8, 4) is 5.75 Å². The lowest BCUT2D eigenvalue weighted by molar-refractivity contribution is -0.149. The van der Waals surface area contributed by atoms with E-state index in [1.807, 2.05) is 64.1 Å². The monoisotopic (exact) mass is 1840 g/mol. The zero-order chi connectivity index (χ0) is 96.2. The number of imidazole rings is 1. The number of phenolic OH excluding ortho intramolecular Hbond substituents is 1. The summed E-state index contributed by atoms with van der Waals surface area (Å²) >= 11 is 0.790. The highest BCUT2D eigenvalue weighted by Crippen LogP contribution is 2.28. The van der Waals surface area contributed by atoms with Crippen molar-refractivity contribution < 1.29 is 86.6 Å². The molecule has 40 heteroatoms. The Hall–Kier alpha value is -13.4. The van der Waals surface area contributed by atoms with Gasteiger partial charge in [0.1, 0.15) is 90.3 Å². The SMILES string of the molecule is C=CC[C@@H]1NC(=O)[C@H](Cc2c[nH]c3ccccc23)NC(=O)[C@@H]2CCCN2C(=O)[C@H](CC(C)C)NC(=O)[C@H](Cc2cnc[nH]2)NC(=O)[C@@H]2CCCN2C(=O)[C@H](CC(N)=O)NC(=O)[C@H](C)N(C)C(=O)[C@H](Cc2ccc(O)cc2)NC(=O)CSC[C@@H](C(=O)NCC(N)=O)NC(=O)[C@H](CC=C)NC(=O)[C@H](CCCC)N(C)C(=O)[C@H](CCCC)N(C)C(=O)[C@H](Cc2c[nH]c3ccccc23)NC1=O. The molecule has 3 aromatic carbocycles. The van der Waals surface area contributed by atoms with E-state index < -0.39 is 209 Å². The average molecular weight is 1850 g/mol. The number of carbonyl (C=O) groups excluding carboxylic acids is 17. The molecular formula is C92H125N21O18S. The second-order valence-electron chi connectivity index (χ2n) is 34.2. The molecule has 0 unspecified atom stereocenters. The quantitative estimate of drug-likeness (QED) is 0.0355. The Balaban J connectivity index is 1.09. The van der Waals surface area contributed by atoms with E-state index in [0.29, 0.717) is 76.3 Å². The fourth-order valence-electron chi connectivity index (χ4n) is 16.6. The number of rotatable bonds is 25. The topological polar surface area (TPSA) is 559 Å². The Bertz CT molecular complexity index is 5140. The van der Waals surface area contributed by atoms with E-state index in [9.17, 15) is 48.3 Å². The highest BCUT2D eigenvalue weighted by Gasteiger charge is 2.46. The number of nitrogens with one attached hydrogen (secondary N) is 13. The third-order valence-electron chi connectivity index (χ3n) is 23.9. The fourth-order valence-corrected chi connectivity index (χ4v) is 17.4. The number of phenols is 1. The lowest BCUT2D eigenvalue weighted by Gasteiger charge is -2.36. The number of hydrogen-bond acceptors (Lipinski definition) is 20. The van der Waals surface area contributed by atoms with Gasteiger partial charge in [0.05, 0.1) is 25.0 Å². The van der Waals surface area contributed by atoms with Crippen molar-refractivity contribution in [3.05, 3.63) is 145 Å². The van der Waals surface area contributed by atoms with Crippen molar-refractivity contribution in [2.24, 2.45) is 17.4 Å². The molecule has 14 atom stereocenters. The molecule has 3 saturated heterocycles. The van der Waals surface area contributed by atoms with Crippen LogP contribution in [-0.2, 0) is 107 Å². The minimum absolute atomic E-state index is 0.0154. The predicted molar refractivity (Wildman–Crippen MR) is 492 cm³/mol. The fraction of sp³-hybridized carbons (Fsp3) is 0.500. The van der Waals surface area contributed by atoms with Crippen molar-refractivity contribution in [3.63, 3.8) is 0 Å². The number of nitrogens with two attached hydrogens (primary N) is 2. The zero-order valence-corrected chi connectivity index (χ0v) is 76.7. The van der Waals surface area contributed by atoms with Crippen LogP contribution in [-0.4, -0.2) is 287 Å². The molecular weight excluding hydrogens is 1720 g/mol. The number of hydrogen-bond donors (Lipinski definition) is 16. The number of unbranched alkanes of at least 4 members (excludes halogenated alkanes) is 2. The third-order valence-corrected chi connectivity index (χ3v) is 25.0. The number of fused-ring (bicyclic) bond motifs is 4. The van der Waals surface area contributed by atoms with Gasteiger partial charge >= 0.3 is 0 Å². The number of primary amides is 2. The Morgan fingerprint density at radius 1 is 0.530 bits per heavy atom. The van der Waals surface area contributed by atoms with E-state index in [2.05, 4.69) is 86.3 Å². The second-order valence-corrected chi connectivity index (χ2v) is 35.2. The highest BCUT2D eigenvalue weighted by atomic mass is 32.2. The van der Waals surface area contributed by atoms with Crippen molar-refractivity contribution in [2.45, 2.75) is 235 Å². The van der Waals surface area contributed by atoms with Crippen LogP contribution < -0.4 is 64.6 Å². The maximum absolute atomic E-state index is 15.8. The van der Waals surface area contributed by atoms with Gasteiger partial charge in [0.15, 0.2) is 0 Å². The zero-order valence-electron chi connectivity index (χ0n) is 75.9. The summed E-state index contributed by atoms with van der Waals surface area (Å²) in [7, 11) is 4.03. The second kappa shape index (κ2) is 49.0. The highest BCUT2D eigenvalue weighted by molar-refractivity contribution is 8.00. The number of aromatic nitrogens is 4. The first kappa shape index (κ1) is 102. The molecule has 3 aromatic heterocycles. The van der Waals surface area contributed by atoms with Crippen LogP contribution in [0.1, 0.15) is 147 Å². The lowest BCUT2D eigenvalue weighted by Crippen LogP contribution is -2.61. The van der Waals surface area contributed by atoms with Crippen LogP contribution in [0.4, 0.5) is 0 Å². The molecule has 6 heterocycles. The standard InChI is InChI=1S/C92H125N21O18S/c1-11-15-29-72-85(124)102-64(24-14-4)82(121)108-71(80(119)98-48-77(94)116)49-132-50-78(117)100-68(40-54-33-35-58(114)36-34-54)88(127)109(8)53(7)79(118)105-70(44-76(93)115)91(130)113-38-22-32-74(113)87(126)104-66(43-57-47-95-51-99-57)84(123)106-67(39-52(5)6)90(129)112-37-21-31-73(112)86(125)103-65(41-55-45-96-61-27-19-17-25-59(55)61)83(122)101-63(23-13-3)81(120)107-69(42-56-46-97-62-28-20-18-26-60(56)62)89(128)111(10)75(30-16-12-2)92(131)110(72)9/h13-14,17-20,25-28,33-36,45-47,51-53,63-75,96-97,114H,3-4,11-12,15-16,21-24,29-32,37-44,48-50H2,1-2,5-10H3,(H2,93,115)(H2,94,116)(H,95,99)(H,98,119)(H,100,117)(H,101,122)(H,102,124)(H,103,125)(H,104,126)(H,105,118)(H,106,123)(H,107,120)(H,108,121)/t53-,63-,64-,65-,66-,67-,68-,69-,70-,71-,72-,73-,74-,75-/m0/s1. The van der Waals surface area contributed by atoms with E-state index in [0.717, 1.165) is 21.6 Å².